The first kappa shape index (κ1) is 18.0. The number of hydrogen-bond donors (Lipinski definition) is 1. The number of benzene rings is 1. The molecule has 1 aromatic rings. The third-order valence-electron chi connectivity index (χ3n) is 3.48. The van der Waals surface area contributed by atoms with Gasteiger partial charge in [-0.3, -0.25) is 5.41 Å². The molecule has 0 spiro atoms. The maximum absolute atomic E-state index is 14.3. The van der Waals surface area contributed by atoms with Gasteiger partial charge in [-0.25, -0.2) is 4.39 Å². The highest BCUT2D eigenvalue weighted by atomic mass is 35.5. The summed E-state index contributed by atoms with van der Waals surface area (Å²) < 4.78 is 19.6. The van der Waals surface area contributed by atoms with Crippen LogP contribution in [0.15, 0.2) is 18.2 Å². The van der Waals surface area contributed by atoms with Crippen LogP contribution >= 0.6 is 11.6 Å². The molecule has 1 unspecified atom stereocenters. The molecule has 0 bridgehead atoms. The summed E-state index contributed by atoms with van der Waals surface area (Å²) in [5, 5.41) is 8.05. The molecule has 0 aliphatic heterocycles. The molecule has 0 aromatic heterocycles. The molecule has 0 heterocycles. The Kier molecular flexibility index (Phi) is 6.66. The quantitative estimate of drug-likeness (QED) is 0.435. The highest BCUT2D eigenvalue weighted by Crippen LogP contribution is 2.31. The lowest BCUT2D eigenvalue weighted by Crippen LogP contribution is -2.19. The standard InChI is InChI=1S/C17H25ClFNO/c1-5-21-16(20)13(7-6-10-18)14-11-12(17(2,3)4)8-9-15(14)19/h8-9,11,13,20H,5-7,10H2,1-4H3. The fraction of sp³-hybridized carbons (Fsp3) is 0.588. The van der Waals surface area contributed by atoms with Gasteiger partial charge in [-0.15, -0.1) is 11.6 Å². The van der Waals surface area contributed by atoms with Gasteiger partial charge in [0.1, 0.15) is 5.82 Å². The van der Waals surface area contributed by atoms with Crippen LogP contribution in [0.25, 0.3) is 0 Å². The molecule has 21 heavy (non-hydrogen) atoms. The molecule has 118 valence electrons. The minimum absolute atomic E-state index is 0.0622. The summed E-state index contributed by atoms with van der Waals surface area (Å²) in [4.78, 5) is 0. The van der Waals surface area contributed by atoms with Crippen molar-refractivity contribution in [2.45, 2.75) is 51.9 Å². The Bertz CT molecular complexity index is 482. The molecular weight excluding hydrogens is 289 g/mol. The van der Waals surface area contributed by atoms with Crippen LogP contribution in [0.3, 0.4) is 0 Å². The fourth-order valence-electron chi connectivity index (χ4n) is 2.24. The van der Waals surface area contributed by atoms with Gasteiger partial charge in [-0.1, -0.05) is 32.9 Å². The second kappa shape index (κ2) is 7.79. The maximum Gasteiger partial charge on any atom is 0.188 e. The van der Waals surface area contributed by atoms with Crippen LogP contribution < -0.4 is 0 Å². The van der Waals surface area contributed by atoms with Crippen LogP contribution in [0.2, 0.25) is 0 Å². The molecule has 1 rings (SSSR count). The van der Waals surface area contributed by atoms with Crippen molar-refractivity contribution >= 4 is 17.5 Å². The van der Waals surface area contributed by atoms with E-state index in [2.05, 4.69) is 20.8 Å². The van der Waals surface area contributed by atoms with Crippen LogP contribution in [0.1, 0.15) is 57.6 Å². The Morgan fingerprint density at radius 1 is 1.38 bits per heavy atom. The molecule has 0 amide bonds. The first-order valence-electron chi connectivity index (χ1n) is 7.38. The fourth-order valence-corrected chi connectivity index (χ4v) is 2.40. The highest BCUT2D eigenvalue weighted by molar-refractivity contribution is 6.17. The Hall–Kier alpha value is -1.09. The van der Waals surface area contributed by atoms with E-state index in [-0.39, 0.29) is 23.0 Å². The van der Waals surface area contributed by atoms with E-state index < -0.39 is 0 Å². The molecule has 0 radical (unpaired) electrons. The van der Waals surface area contributed by atoms with Gasteiger partial charge in [-0.05, 0) is 36.8 Å². The molecule has 4 heteroatoms. The maximum atomic E-state index is 14.3. The zero-order valence-corrected chi connectivity index (χ0v) is 14.1. The Morgan fingerprint density at radius 3 is 2.57 bits per heavy atom. The lowest BCUT2D eigenvalue weighted by molar-refractivity contribution is 0.304. The van der Waals surface area contributed by atoms with Crippen molar-refractivity contribution < 1.29 is 9.13 Å². The van der Waals surface area contributed by atoms with E-state index in [9.17, 15) is 4.39 Å². The van der Waals surface area contributed by atoms with Gasteiger partial charge >= 0.3 is 0 Å². The van der Waals surface area contributed by atoms with Gasteiger partial charge in [0, 0.05) is 11.4 Å². The average Bonchev–Trinajstić information content (AvgIpc) is 2.40. The highest BCUT2D eigenvalue weighted by Gasteiger charge is 2.24. The van der Waals surface area contributed by atoms with Crippen LogP contribution in [-0.4, -0.2) is 18.4 Å². The predicted octanol–water partition coefficient (Wildman–Crippen LogP) is 5.24. The van der Waals surface area contributed by atoms with Crippen molar-refractivity contribution in [2.24, 2.45) is 0 Å². The Labute approximate surface area is 132 Å². The second-order valence-corrected chi connectivity index (χ2v) is 6.55. The van der Waals surface area contributed by atoms with Gasteiger partial charge in [0.2, 0.25) is 0 Å². The Morgan fingerprint density at radius 2 is 2.05 bits per heavy atom. The van der Waals surface area contributed by atoms with E-state index in [4.69, 9.17) is 21.7 Å². The molecule has 1 aromatic carbocycles. The van der Waals surface area contributed by atoms with Crippen molar-refractivity contribution in [1.82, 2.24) is 0 Å². The van der Waals surface area contributed by atoms with E-state index in [1.54, 1.807) is 0 Å². The molecular formula is C17H25ClFNO. The van der Waals surface area contributed by atoms with E-state index in [0.717, 1.165) is 12.0 Å². The van der Waals surface area contributed by atoms with Crippen molar-refractivity contribution in [3.63, 3.8) is 0 Å². The summed E-state index contributed by atoms with van der Waals surface area (Å²) in [5.41, 5.74) is 1.53. The van der Waals surface area contributed by atoms with Gasteiger partial charge in [0.25, 0.3) is 0 Å². The van der Waals surface area contributed by atoms with Crippen LogP contribution in [0.5, 0.6) is 0 Å². The van der Waals surface area contributed by atoms with Gasteiger partial charge in [-0.2, -0.15) is 0 Å². The lowest BCUT2D eigenvalue weighted by Gasteiger charge is -2.23. The molecule has 2 nitrogen and oxygen atoms in total. The van der Waals surface area contributed by atoms with Crippen LogP contribution in [-0.2, 0) is 10.2 Å². The summed E-state index contributed by atoms with van der Waals surface area (Å²) in [5.74, 6) is -0.0400. The zero-order valence-electron chi connectivity index (χ0n) is 13.3. The normalized spacial score (nSPS) is 13.0. The smallest absolute Gasteiger partial charge is 0.188 e. The second-order valence-electron chi connectivity index (χ2n) is 6.17. The summed E-state index contributed by atoms with van der Waals surface area (Å²) >= 11 is 5.75. The average molecular weight is 314 g/mol. The number of ether oxygens (including phenoxy) is 1. The van der Waals surface area contributed by atoms with E-state index in [1.807, 2.05) is 19.1 Å². The van der Waals surface area contributed by atoms with E-state index >= 15 is 0 Å². The molecule has 0 aliphatic carbocycles. The van der Waals surface area contributed by atoms with Gasteiger partial charge in [0.05, 0.1) is 12.5 Å². The first-order chi connectivity index (χ1) is 9.81. The summed E-state index contributed by atoms with van der Waals surface area (Å²) in [6.07, 6.45) is 1.34. The SMILES string of the molecule is CCOC(=N)C(CCCCl)c1cc(C(C)(C)C)ccc1F. The molecule has 1 atom stereocenters. The molecule has 0 saturated carbocycles. The number of alkyl halides is 1. The Balaban J connectivity index is 3.19. The molecule has 0 saturated heterocycles. The summed E-state index contributed by atoms with van der Waals surface area (Å²) in [7, 11) is 0. The summed E-state index contributed by atoms with van der Waals surface area (Å²) in [6.45, 7) is 8.51. The largest absolute Gasteiger partial charge is 0.481 e. The van der Waals surface area contributed by atoms with Crippen molar-refractivity contribution in [3.05, 3.63) is 35.1 Å². The summed E-state index contributed by atoms with van der Waals surface area (Å²) in [6, 6.07) is 5.16. The third-order valence-corrected chi connectivity index (χ3v) is 3.75. The van der Waals surface area contributed by atoms with Crippen molar-refractivity contribution in [3.8, 4) is 0 Å². The zero-order chi connectivity index (χ0) is 16.0. The monoisotopic (exact) mass is 313 g/mol. The third kappa shape index (κ3) is 4.99. The molecule has 0 aliphatic rings. The van der Waals surface area contributed by atoms with Gasteiger partial charge < -0.3 is 4.74 Å². The van der Waals surface area contributed by atoms with Crippen molar-refractivity contribution in [2.75, 3.05) is 12.5 Å². The first-order valence-corrected chi connectivity index (χ1v) is 7.91. The van der Waals surface area contributed by atoms with E-state index in [0.29, 0.717) is 24.5 Å². The minimum Gasteiger partial charge on any atom is -0.481 e. The lowest BCUT2D eigenvalue weighted by atomic mass is 9.83. The van der Waals surface area contributed by atoms with Crippen molar-refractivity contribution in [1.29, 1.82) is 5.41 Å². The topological polar surface area (TPSA) is 33.1 Å². The van der Waals surface area contributed by atoms with E-state index in [1.165, 1.54) is 6.07 Å². The number of halogens is 2. The van der Waals surface area contributed by atoms with Gasteiger partial charge in [0.15, 0.2) is 5.90 Å². The number of hydrogen-bond acceptors (Lipinski definition) is 2. The molecule has 0 fully saturated rings. The number of nitrogens with one attached hydrogen (secondary N) is 1. The van der Waals surface area contributed by atoms with Crippen LogP contribution in [0, 0.1) is 11.2 Å². The minimum atomic E-state index is -0.369. The van der Waals surface area contributed by atoms with Crippen LogP contribution in [0.4, 0.5) is 4.39 Å². The number of rotatable bonds is 6. The molecule has 1 N–H and O–H groups in total. The predicted molar refractivity (Wildman–Crippen MR) is 87.1 cm³/mol.